The summed E-state index contributed by atoms with van der Waals surface area (Å²) in [6.07, 6.45) is 1.30. The average molecular weight is 401 g/mol. The molecule has 2 atom stereocenters. The second-order valence-corrected chi connectivity index (χ2v) is 7.77. The van der Waals surface area contributed by atoms with Crippen LogP contribution in [0.1, 0.15) is 53.7 Å². The summed E-state index contributed by atoms with van der Waals surface area (Å²) in [5, 5.41) is 10.9. The van der Waals surface area contributed by atoms with Gasteiger partial charge in [0, 0.05) is 12.1 Å². The second kappa shape index (κ2) is 8.56. The molecule has 5 heteroatoms. The summed E-state index contributed by atoms with van der Waals surface area (Å²) < 4.78 is 50.3. The Kier molecular flexibility index (Phi) is 4.30. The third kappa shape index (κ3) is 4.02. The normalized spacial score (nSPS) is 24.9. The maximum atomic E-state index is 13.1. The van der Waals surface area contributed by atoms with Crippen molar-refractivity contribution in [3.05, 3.63) is 59.0 Å². The van der Waals surface area contributed by atoms with E-state index in [0.717, 1.165) is 12.8 Å². The molecule has 5 nitrogen and oxygen atoms in total. The van der Waals surface area contributed by atoms with E-state index in [1.165, 1.54) is 14.2 Å². The fourth-order valence-electron chi connectivity index (χ4n) is 4.47. The van der Waals surface area contributed by atoms with Crippen molar-refractivity contribution in [2.45, 2.75) is 31.9 Å². The number of hydrogen-bond acceptors (Lipinski definition) is 5. The topological polar surface area (TPSA) is 59.0 Å². The van der Waals surface area contributed by atoms with E-state index in [-0.39, 0.29) is 41.9 Å². The molecule has 4 rings (SSSR count). The summed E-state index contributed by atoms with van der Waals surface area (Å²) in [7, 11) is 3.03. The summed E-state index contributed by atoms with van der Waals surface area (Å²) in [6.45, 7) is 1.68. The van der Waals surface area contributed by atoms with Crippen LogP contribution in [0.5, 0.6) is 11.5 Å². The number of carbonyl (C=O) groups is 1. The highest BCUT2D eigenvalue weighted by Crippen LogP contribution is 2.45. The quantitative estimate of drug-likeness (QED) is 0.798. The summed E-state index contributed by atoms with van der Waals surface area (Å²) in [5.41, 5.74) is 1.37. The highest BCUT2D eigenvalue weighted by atomic mass is 16.5. The smallest absolute Gasteiger partial charge is 0.169 e. The number of likely N-dealkylation sites (tertiary alicyclic amines) is 1. The fourth-order valence-corrected chi connectivity index (χ4v) is 4.47. The molecule has 1 aliphatic heterocycles. The predicted molar refractivity (Wildman–Crippen MR) is 111 cm³/mol. The number of ketones is 1. The molecule has 0 aromatic heterocycles. The van der Waals surface area contributed by atoms with Crippen molar-refractivity contribution < 1.29 is 26.2 Å². The van der Waals surface area contributed by atoms with Crippen LogP contribution in [0.3, 0.4) is 0 Å². The highest BCUT2D eigenvalue weighted by Gasteiger charge is 2.41. The largest absolute Gasteiger partial charge is 0.493 e. The lowest BCUT2D eigenvalue weighted by atomic mass is 9.84. The summed E-state index contributed by atoms with van der Waals surface area (Å²) in [5.74, 6) is 0.602. The molecule has 1 saturated heterocycles. The minimum Gasteiger partial charge on any atom is -0.493 e. The number of fused-ring (bicyclic) bond motifs is 1. The zero-order valence-corrected chi connectivity index (χ0v) is 16.7. The Morgan fingerprint density at radius 2 is 1.76 bits per heavy atom. The van der Waals surface area contributed by atoms with Gasteiger partial charge in [-0.25, -0.2) is 0 Å². The Morgan fingerprint density at radius 3 is 2.41 bits per heavy atom. The van der Waals surface area contributed by atoms with Crippen LogP contribution < -0.4 is 9.47 Å². The summed E-state index contributed by atoms with van der Waals surface area (Å²) in [4.78, 5) is 15.1. The van der Waals surface area contributed by atoms with Gasteiger partial charge in [0.1, 0.15) is 0 Å². The molecule has 1 heterocycles. The number of rotatable bonds is 6. The highest BCUT2D eigenvalue weighted by molar-refractivity contribution is 6.03. The molecule has 2 unspecified atom stereocenters. The van der Waals surface area contributed by atoms with Gasteiger partial charge in [0.05, 0.1) is 33.1 Å². The standard InChI is InChI=1S/C24H29NO4/c1-28-21-13-18-19(14-22(21)29-2)24(27)20(23(18)26)12-16-8-10-25(11-9-16)15-17-6-4-3-5-7-17/h3-7,13-14,16,20,23,26H,8-12,15H2,1-2H3/i3D,4D,5D,6D,7D. The minimum atomic E-state index is -0.883. The maximum Gasteiger partial charge on any atom is 0.169 e. The van der Waals surface area contributed by atoms with E-state index in [2.05, 4.69) is 4.90 Å². The molecule has 0 radical (unpaired) electrons. The zero-order valence-electron chi connectivity index (χ0n) is 21.7. The van der Waals surface area contributed by atoms with E-state index in [1.54, 1.807) is 12.1 Å². The van der Waals surface area contributed by atoms with Gasteiger partial charge in [-0.2, -0.15) is 0 Å². The van der Waals surface area contributed by atoms with Crippen molar-refractivity contribution in [3.8, 4) is 11.5 Å². The zero-order chi connectivity index (χ0) is 24.7. The predicted octanol–water partition coefficient (Wildman–Crippen LogP) is 3.85. The average Bonchev–Trinajstić information content (AvgIpc) is 3.08. The number of carbonyl (C=O) groups excluding carboxylic acids is 1. The lowest BCUT2D eigenvalue weighted by Crippen LogP contribution is -2.34. The molecule has 154 valence electrons. The van der Waals surface area contributed by atoms with Crippen molar-refractivity contribution in [1.29, 1.82) is 0 Å². The number of hydrogen-bond donors (Lipinski definition) is 1. The van der Waals surface area contributed by atoms with Crippen LogP contribution in [0.15, 0.2) is 42.3 Å². The van der Waals surface area contributed by atoms with Crippen molar-refractivity contribution in [3.63, 3.8) is 0 Å². The molecular weight excluding hydrogens is 366 g/mol. The number of piperidine rings is 1. The van der Waals surface area contributed by atoms with Crippen molar-refractivity contribution in [2.24, 2.45) is 11.8 Å². The van der Waals surface area contributed by atoms with Crippen molar-refractivity contribution >= 4 is 5.78 Å². The number of ether oxygens (including phenoxy) is 2. The first-order chi connectivity index (χ1) is 16.2. The monoisotopic (exact) mass is 400 g/mol. The molecular formula is C24H29NO4. The van der Waals surface area contributed by atoms with E-state index in [0.29, 0.717) is 54.2 Å². The summed E-state index contributed by atoms with van der Waals surface area (Å²) >= 11 is 0. The number of benzene rings is 2. The van der Waals surface area contributed by atoms with Crippen LogP contribution in [-0.4, -0.2) is 43.1 Å². The maximum absolute atomic E-state index is 13.1. The lowest BCUT2D eigenvalue weighted by molar-refractivity contribution is 0.0644. The molecule has 29 heavy (non-hydrogen) atoms. The van der Waals surface area contributed by atoms with E-state index < -0.39 is 12.0 Å². The Balaban J connectivity index is 1.41. The number of methoxy groups -OCH3 is 2. The Hall–Kier alpha value is -2.37. The van der Waals surface area contributed by atoms with Crippen molar-refractivity contribution in [1.82, 2.24) is 4.90 Å². The Labute approximate surface area is 179 Å². The Morgan fingerprint density at radius 1 is 1.10 bits per heavy atom. The van der Waals surface area contributed by atoms with Crippen LogP contribution in [0.4, 0.5) is 0 Å². The number of aliphatic hydroxyl groups excluding tert-OH is 1. The van der Waals surface area contributed by atoms with E-state index in [1.807, 2.05) is 0 Å². The van der Waals surface area contributed by atoms with E-state index in [9.17, 15) is 9.90 Å². The van der Waals surface area contributed by atoms with Crippen LogP contribution in [0.25, 0.3) is 0 Å². The number of nitrogens with zero attached hydrogens (tertiary/aromatic N) is 1. The first-order valence-electron chi connectivity index (χ1n) is 12.4. The van der Waals surface area contributed by atoms with Crippen LogP contribution >= 0.6 is 0 Å². The lowest BCUT2D eigenvalue weighted by Gasteiger charge is -2.33. The van der Waals surface area contributed by atoms with Gasteiger partial charge < -0.3 is 14.6 Å². The first-order valence-corrected chi connectivity index (χ1v) is 9.94. The van der Waals surface area contributed by atoms with Crippen LogP contribution in [0.2, 0.25) is 0 Å². The third-order valence-corrected chi connectivity index (χ3v) is 6.09. The van der Waals surface area contributed by atoms with Gasteiger partial charge in [0.15, 0.2) is 17.3 Å². The third-order valence-electron chi connectivity index (χ3n) is 6.09. The Bertz CT molecular complexity index is 1090. The molecule has 2 aromatic rings. The van der Waals surface area contributed by atoms with Gasteiger partial charge in [-0.05, 0) is 61.5 Å². The molecule has 2 aliphatic rings. The number of Topliss-reactive ketones (excluding diaryl/α,β-unsaturated/α-hetero) is 1. The van der Waals surface area contributed by atoms with E-state index in [4.69, 9.17) is 16.3 Å². The molecule has 1 fully saturated rings. The van der Waals surface area contributed by atoms with Gasteiger partial charge >= 0.3 is 0 Å². The van der Waals surface area contributed by atoms with Crippen LogP contribution in [-0.2, 0) is 6.54 Å². The van der Waals surface area contributed by atoms with Crippen LogP contribution in [0, 0.1) is 11.8 Å². The summed E-state index contributed by atoms with van der Waals surface area (Å²) in [6, 6.07) is 2.00. The van der Waals surface area contributed by atoms with Gasteiger partial charge in [0.25, 0.3) is 0 Å². The first kappa shape index (κ1) is 14.6. The molecule has 1 aliphatic carbocycles. The van der Waals surface area contributed by atoms with Gasteiger partial charge in [-0.3, -0.25) is 9.69 Å². The fraction of sp³-hybridized carbons (Fsp3) is 0.458. The molecule has 1 N–H and O–H groups in total. The van der Waals surface area contributed by atoms with Crippen molar-refractivity contribution in [2.75, 3.05) is 27.3 Å². The van der Waals surface area contributed by atoms with E-state index >= 15 is 0 Å². The van der Waals surface area contributed by atoms with Gasteiger partial charge in [0.2, 0.25) is 0 Å². The molecule has 0 amide bonds. The molecule has 0 spiro atoms. The number of aliphatic hydroxyl groups is 1. The van der Waals surface area contributed by atoms with Gasteiger partial charge in [-0.1, -0.05) is 30.2 Å². The molecule has 0 saturated carbocycles. The molecule has 2 aromatic carbocycles. The molecule has 0 bridgehead atoms. The second-order valence-electron chi connectivity index (χ2n) is 7.77. The SMILES string of the molecule is [2H]c1c([2H])c([2H])c(CN2CCC(CC3C(=O)c4cc(OC)c(OC)cc4C3O)CC2)c([2H])c1[2H]. The minimum absolute atomic E-state index is 0.0787. The van der Waals surface area contributed by atoms with Gasteiger partial charge in [-0.15, -0.1) is 0 Å².